The molecule has 0 unspecified atom stereocenters. The average molecular weight is 356 g/mol. The zero-order chi connectivity index (χ0) is 18.5. The number of ketones is 1. The molecule has 0 bridgehead atoms. The van der Waals surface area contributed by atoms with Gasteiger partial charge in [0.15, 0.2) is 5.78 Å². The first kappa shape index (κ1) is 16.9. The molecule has 4 rings (SSSR count). The van der Waals surface area contributed by atoms with E-state index < -0.39 is 0 Å². The summed E-state index contributed by atoms with van der Waals surface area (Å²) in [6.45, 7) is 0.777. The van der Waals surface area contributed by atoms with Crippen LogP contribution in [0.1, 0.15) is 15.9 Å². The van der Waals surface area contributed by atoms with Gasteiger partial charge in [0, 0.05) is 28.4 Å². The van der Waals surface area contributed by atoms with Crippen LogP contribution in [0.3, 0.4) is 0 Å². The second kappa shape index (κ2) is 7.79. The van der Waals surface area contributed by atoms with E-state index >= 15 is 0 Å². The first-order valence-corrected chi connectivity index (χ1v) is 8.89. The van der Waals surface area contributed by atoms with E-state index in [1.807, 2.05) is 78.9 Å². The van der Waals surface area contributed by atoms with Crippen LogP contribution in [0.15, 0.2) is 85.1 Å². The highest BCUT2D eigenvalue weighted by Gasteiger charge is 2.11. The van der Waals surface area contributed by atoms with Gasteiger partial charge in [0.05, 0.1) is 6.54 Å². The molecule has 0 saturated carbocycles. The summed E-state index contributed by atoms with van der Waals surface area (Å²) in [6.07, 6.45) is 1.77. The van der Waals surface area contributed by atoms with E-state index in [4.69, 9.17) is 4.74 Å². The van der Waals surface area contributed by atoms with Gasteiger partial charge in [-0.3, -0.25) is 4.79 Å². The maximum atomic E-state index is 12.5. The molecule has 0 spiro atoms. The highest BCUT2D eigenvalue weighted by atomic mass is 16.5. The van der Waals surface area contributed by atoms with E-state index in [1.54, 1.807) is 6.20 Å². The van der Waals surface area contributed by atoms with Gasteiger partial charge in [0.2, 0.25) is 0 Å². The van der Waals surface area contributed by atoms with Crippen LogP contribution in [0.2, 0.25) is 0 Å². The molecule has 2 N–H and O–H groups in total. The van der Waals surface area contributed by atoms with E-state index in [1.165, 1.54) is 0 Å². The standard InChI is InChI=1S/C23H20N2O2/c26-23(21-14-25-22-9-5-4-8-20(21)22)15-24-18-10-12-19(13-11-18)27-16-17-6-2-1-3-7-17/h1-14,24-25H,15-16H2. The summed E-state index contributed by atoms with van der Waals surface area (Å²) < 4.78 is 5.78. The molecule has 0 aliphatic rings. The molecular weight excluding hydrogens is 336 g/mol. The smallest absolute Gasteiger partial charge is 0.183 e. The third kappa shape index (κ3) is 4.01. The lowest BCUT2D eigenvalue weighted by atomic mass is 10.1. The number of rotatable bonds is 7. The number of hydrogen-bond donors (Lipinski definition) is 2. The van der Waals surface area contributed by atoms with Crippen LogP contribution in [-0.4, -0.2) is 17.3 Å². The van der Waals surface area contributed by atoms with Crippen molar-refractivity contribution < 1.29 is 9.53 Å². The molecule has 0 aliphatic heterocycles. The molecule has 27 heavy (non-hydrogen) atoms. The van der Waals surface area contributed by atoms with Crippen LogP contribution in [0, 0.1) is 0 Å². The molecule has 1 aromatic heterocycles. The molecule has 4 nitrogen and oxygen atoms in total. The molecule has 0 amide bonds. The normalized spacial score (nSPS) is 10.7. The van der Waals surface area contributed by atoms with E-state index in [9.17, 15) is 4.79 Å². The van der Waals surface area contributed by atoms with Crippen molar-refractivity contribution in [2.45, 2.75) is 6.61 Å². The molecule has 0 fully saturated rings. The fraction of sp³-hybridized carbons (Fsp3) is 0.0870. The largest absolute Gasteiger partial charge is 0.489 e. The van der Waals surface area contributed by atoms with Crippen LogP contribution in [0.4, 0.5) is 5.69 Å². The van der Waals surface area contributed by atoms with Gasteiger partial charge >= 0.3 is 0 Å². The van der Waals surface area contributed by atoms with Crippen molar-refractivity contribution >= 4 is 22.4 Å². The third-order valence-electron chi connectivity index (χ3n) is 4.45. The Balaban J connectivity index is 1.34. The predicted molar refractivity (Wildman–Crippen MR) is 108 cm³/mol. The Kier molecular flexibility index (Phi) is 4.88. The van der Waals surface area contributed by atoms with E-state index in [2.05, 4.69) is 10.3 Å². The van der Waals surface area contributed by atoms with Crippen molar-refractivity contribution in [3.63, 3.8) is 0 Å². The van der Waals surface area contributed by atoms with Gasteiger partial charge < -0.3 is 15.0 Å². The van der Waals surface area contributed by atoms with Crippen LogP contribution >= 0.6 is 0 Å². The zero-order valence-corrected chi connectivity index (χ0v) is 14.8. The SMILES string of the molecule is O=C(CNc1ccc(OCc2ccccc2)cc1)c1c[nH]c2ccccc12. The minimum atomic E-state index is 0.0526. The Bertz CT molecular complexity index is 1040. The molecule has 0 aliphatic carbocycles. The van der Waals surface area contributed by atoms with Crippen molar-refractivity contribution in [2.75, 3.05) is 11.9 Å². The number of hydrogen-bond acceptors (Lipinski definition) is 3. The zero-order valence-electron chi connectivity index (χ0n) is 14.8. The summed E-state index contributed by atoms with van der Waals surface area (Å²) in [5.74, 6) is 0.851. The monoisotopic (exact) mass is 356 g/mol. The van der Waals surface area contributed by atoms with Gasteiger partial charge in [-0.05, 0) is 35.9 Å². The first-order chi connectivity index (χ1) is 13.3. The molecule has 134 valence electrons. The lowest BCUT2D eigenvalue weighted by Gasteiger charge is -2.09. The highest BCUT2D eigenvalue weighted by Crippen LogP contribution is 2.20. The van der Waals surface area contributed by atoms with Gasteiger partial charge in [-0.25, -0.2) is 0 Å². The number of Topliss-reactive ketones (excluding diaryl/α,β-unsaturated/α-hetero) is 1. The summed E-state index contributed by atoms with van der Waals surface area (Å²) in [4.78, 5) is 15.6. The van der Waals surface area contributed by atoms with Crippen molar-refractivity contribution in [2.24, 2.45) is 0 Å². The number of nitrogens with one attached hydrogen (secondary N) is 2. The number of anilines is 1. The van der Waals surface area contributed by atoms with E-state index in [0.717, 1.165) is 27.9 Å². The minimum absolute atomic E-state index is 0.0526. The molecule has 0 atom stereocenters. The van der Waals surface area contributed by atoms with Crippen LogP contribution in [0.5, 0.6) is 5.75 Å². The Morgan fingerprint density at radius 3 is 2.44 bits per heavy atom. The summed E-state index contributed by atoms with van der Waals surface area (Å²) in [5.41, 5.74) is 3.70. The van der Waals surface area contributed by atoms with Crippen molar-refractivity contribution in [1.82, 2.24) is 4.98 Å². The molecule has 0 radical (unpaired) electrons. The van der Waals surface area contributed by atoms with E-state index in [-0.39, 0.29) is 12.3 Å². The van der Waals surface area contributed by atoms with Gasteiger partial charge in [0.25, 0.3) is 0 Å². The van der Waals surface area contributed by atoms with Gasteiger partial charge in [0.1, 0.15) is 12.4 Å². The Morgan fingerprint density at radius 2 is 1.63 bits per heavy atom. The van der Waals surface area contributed by atoms with Gasteiger partial charge in [-0.15, -0.1) is 0 Å². The summed E-state index contributed by atoms with van der Waals surface area (Å²) in [5, 5.41) is 4.13. The predicted octanol–water partition coefficient (Wildman–Crippen LogP) is 5.04. The van der Waals surface area contributed by atoms with Crippen molar-refractivity contribution in [3.8, 4) is 5.75 Å². The number of aromatic amines is 1. The molecule has 4 heteroatoms. The number of H-pyrrole nitrogens is 1. The molecular formula is C23H20N2O2. The Labute approximate surface area is 157 Å². The number of carbonyl (C=O) groups excluding carboxylic acids is 1. The van der Waals surface area contributed by atoms with E-state index in [0.29, 0.717) is 12.2 Å². The minimum Gasteiger partial charge on any atom is -0.489 e. The fourth-order valence-corrected chi connectivity index (χ4v) is 2.99. The van der Waals surface area contributed by atoms with Crippen LogP contribution in [-0.2, 0) is 6.61 Å². The lowest BCUT2D eigenvalue weighted by Crippen LogP contribution is -2.13. The second-order valence-electron chi connectivity index (χ2n) is 6.32. The highest BCUT2D eigenvalue weighted by molar-refractivity contribution is 6.09. The maximum absolute atomic E-state index is 12.5. The Hall–Kier alpha value is -3.53. The van der Waals surface area contributed by atoms with Crippen molar-refractivity contribution in [1.29, 1.82) is 0 Å². The quantitative estimate of drug-likeness (QED) is 0.456. The average Bonchev–Trinajstić information content (AvgIpc) is 3.16. The number of benzene rings is 3. The van der Waals surface area contributed by atoms with Gasteiger partial charge in [-0.1, -0.05) is 48.5 Å². The second-order valence-corrected chi connectivity index (χ2v) is 6.32. The van der Waals surface area contributed by atoms with Crippen LogP contribution in [0.25, 0.3) is 10.9 Å². The number of aromatic nitrogens is 1. The topological polar surface area (TPSA) is 54.1 Å². The summed E-state index contributed by atoms with van der Waals surface area (Å²) in [7, 11) is 0. The molecule has 3 aromatic carbocycles. The summed E-state index contributed by atoms with van der Waals surface area (Å²) in [6, 6.07) is 25.5. The number of ether oxygens (including phenoxy) is 1. The fourth-order valence-electron chi connectivity index (χ4n) is 2.99. The molecule has 0 saturated heterocycles. The number of fused-ring (bicyclic) bond motifs is 1. The first-order valence-electron chi connectivity index (χ1n) is 8.89. The number of para-hydroxylation sites is 1. The number of carbonyl (C=O) groups is 1. The molecule has 4 aromatic rings. The summed E-state index contributed by atoms with van der Waals surface area (Å²) >= 11 is 0. The third-order valence-corrected chi connectivity index (χ3v) is 4.45. The van der Waals surface area contributed by atoms with Crippen molar-refractivity contribution in [3.05, 3.63) is 96.2 Å². The lowest BCUT2D eigenvalue weighted by molar-refractivity contribution is 0.101. The Morgan fingerprint density at radius 1 is 0.889 bits per heavy atom. The maximum Gasteiger partial charge on any atom is 0.183 e. The van der Waals surface area contributed by atoms with Gasteiger partial charge in [-0.2, -0.15) is 0 Å². The molecule has 1 heterocycles. The van der Waals surface area contributed by atoms with Crippen LogP contribution < -0.4 is 10.1 Å².